The van der Waals surface area contributed by atoms with Gasteiger partial charge in [-0.15, -0.1) is 11.3 Å². The van der Waals surface area contributed by atoms with E-state index in [4.69, 9.17) is 13.9 Å². The van der Waals surface area contributed by atoms with Crippen LogP contribution in [0.25, 0.3) is 0 Å². The molecule has 0 aliphatic heterocycles. The van der Waals surface area contributed by atoms with Gasteiger partial charge in [0.15, 0.2) is 5.06 Å². The van der Waals surface area contributed by atoms with Gasteiger partial charge < -0.3 is 9.66 Å². The monoisotopic (exact) mass is 195 g/mol. The highest BCUT2D eigenvalue weighted by Gasteiger charge is 1.77. The molecule has 1 atom stereocenters. The average molecular weight is 195 g/mol. The van der Waals surface area contributed by atoms with Crippen molar-refractivity contribution in [3.8, 4) is 5.06 Å². The summed E-state index contributed by atoms with van der Waals surface area (Å²) in [7, 11) is 0. The van der Waals surface area contributed by atoms with Crippen molar-refractivity contribution >= 4 is 22.6 Å². The lowest BCUT2D eigenvalue weighted by atomic mass is 10.7. The Morgan fingerprint density at radius 3 is 2.45 bits per heavy atom. The van der Waals surface area contributed by atoms with Gasteiger partial charge >= 0.3 is 0 Å². The fourth-order valence-corrected chi connectivity index (χ4v) is 0.724. The molecular formula is C4H7N2O3S2-. The normalized spacial score (nSPS) is 11.5. The van der Waals surface area contributed by atoms with Crippen LogP contribution >= 0.6 is 11.3 Å². The Morgan fingerprint density at radius 1 is 1.82 bits per heavy atom. The summed E-state index contributed by atoms with van der Waals surface area (Å²) in [6, 6.07) is 3.46. The van der Waals surface area contributed by atoms with Crippen molar-refractivity contribution in [1.82, 2.24) is 4.83 Å². The molecule has 0 spiro atoms. The second-order valence-corrected chi connectivity index (χ2v) is 2.94. The third-order valence-corrected chi connectivity index (χ3v) is 1.47. The number of nitrogens with two attached hydrogens (primary N) is 1. The minimum atomic E-state index is -2.29. The van der Waals surface area contributed by atoms with E-state index in [1.807, 2.05) is 5.38 Å². The summed E-state index contributed by atoms with van der Waals surface area (Å²) in [5, 5.41) is 10.7. The van der Waals surface area contributed by atoms with Crippen molar-refractivity contribution in [2.75, 3.05) is 0 Å². The first-order valence-electron chi connectivity index (χ1n) is 2.44. The highest BCUT2D eigenvalue weighted by atomic mass is 32.2. The van der Waals surface area contributed by atoms with Gasteiger partial charge in [0.05, 0.1) is 0 Å². The van der Waals surface area contributed by atoms with Crippen LogP contribution in [0.5, 0.6) is 5.06 Å². The second-order valence-electron chi connectivity index (χ2n) is 1.30. The number of aromatic hydroxyl groups is 1. The van der Waals surface area contributed by atoms with Crippen molar-refractivity contribution in [3.63, 3.8) is 0 Å². The number of thiophene rings is 1. The van der Waals surface area contributed by atoms with Crippen LogP contribution in [0.1, 0.15) is 0 Å². The topological polar surface area (TPSA) is 98.4 Å². The van der Waals surface area contributed by atoms with E-state index in [-0.39, 0.29) is 0 Å². The maximum absolute atomic E-state index is 9.13. The molecule has 1 rings (SSSR count). The van der Waals surface area contributed by atoms with Crippen LogP contribution in [0.3, 0.4) is 0 Å². The van der Waals surface area contributed by atoms with Crippen LogP contribution in [0, 0.1) is 0 Å². The zero-order chi connectivity index (χ0) is 8.69. The Hall–Kier alpha value is -0.470. The van der Waals surface area contributed by atoms with E-state index in [9.17, 15) is 0 Å². The van der Waals surface area contributed by atoms with Gasteiger partial charge in [-0.1, -0.05) is 0 Å². The number of hydrazine groups is 1. The molecule has 1 heterocycles. The fourth-order valence-electron chi connectivity index (χ4n) is 0.270. The van der Waals surface area contributed by atoms with Gasteiger partial charge in [0.2, 0.25) is 0 Å². The van der Waals surface area contributed by atoms with Crippen molar-refractivity contribution in [2.24, 2.45) is 5.84 Å². The minimum Gasteiger partial charge on any atom is -0.759 e. The zero-order valence-electron chi connectivity index (χ0n) is 5.39. The standard InChI is InChI=1S/C4H4OS.H4N2O2S/c5-4-2-1-3-6-4;1-2-5(3)4/h1-3,5H;2H,1H2,(H,3,4)/p-1. The third-order valence-electron chi connectivity index (χ3n) is 0.602. The molecule has 0 saturated heterocycles. The van der Waals surface area contributed by atoms with E-state index < -0.39 is 11.3 Å². The number of nitrogens with one attached hydrogen (secondary N) is 1. The highest BCUT2D eigenvalue weighted by molar-refractivity contribution is 7.76. The van der Waals surface area contributed by atoms with Gasteiger partial charge in [0.1, 0.15) is 0 Å². The van der Waals surface area contributed by atoms with Crippen molar-refractivity contribution in [2.45, 2.75) is 0 Å². The number of hydrogen-bond acceptors (Lipinski definition) is 5. The first kappa shape index (κ1) is 10.5. The van der Waals surface area contributed by atoms with Gasteiger partial charge in [-0.3, -0.25) is 10.1 Å². The quantitative estimate of drug-likeness (QED) is 0.325. The molecule has 0 saturated carbocycles. The van der Waals surface area contributed by atoms with Crippen LogP contribution in [-0.2, 0) is 11.3 Å². The van der Waals surface area contributed by atoms with Crippen molar-refractivity contribution in [3.05, 3.63) is 17.5 Å². The van der Waals surface area contributed by atoms with Gasteiger partial charge in [-0.2, -0.15) is 4.83 Å². The lowest BCUT2D eigenvalue weighted by Gasteiger charge is -1.95. The second kappa shape index (κ2) is 6.25. The van der Waals surface area contributed by atoms with Crippen molar-refractivity contribution < 1.29 is 13.9 Å². The summed E-state index contributed by atoms with van der Waals surface area (Å²) in [6.07, 6.45) is 0. The van der Waals surface area contributed by atoms with Crippen LogP contribution in [0.15, 0.2) is 17.5 Å². The largest absolute Gasteiger partial charge is 0.759 e. The zero-order valence-corrected chi connectivity index (χ0v) is 7.02. The van der Waals surface area contributed by atoms with E-state index in [1.54, 1.807) is 12.1 Å². The predicted molar refractivity (Wildman–Crippen MR) is 42.2 cm³/mol. The molecule has 0 aliphatic carbocycles. The van der Waals surface area contributed by atoms with E-state index in [0.29, 0.717) is 5.06 Å². The number of hydrogen-bond donors (Lipinski definition) is 3. The van der Waals surface area contributed by atoms with Crippen molar-refractivity contribution in [1.29, 1.82) is 0 Å². The molecule has 5 nitrogen and oxygen atoms in total. The Balaban J connectivity index is 0.000000187. The molecule has 1 aromatic rings. The van der Waals surface area contributed by atoms with Gasteiger partial charge in [-0.05, 0) is 17.5 Å². The van der Waals surface area contributed by atoms with E-state index in [2.05, 4.69) is 5.84 Å². The lowest BCUT2D eigenvalue weighted by molar-refractivity contribution is 0.491. The molecule has 0 radical (unpaired) electrons. The van der Waals surface area contributed by atoms with E-state index in [0.717, 1.165) is 0 Å². The molecule has 11 heavy (non-hydrogen) atoms. The Kier molecular flexibility index (Phi) is 5.99. The molecule has 0 aromatic carbocycles. The lowest BCUT2D eigenvalue weighted by Crippen LogP contribution is -2.23. The van der Waals surface area contributed by atoms with Crippen LogP contribution in [-0.4, -0.2) is 13.9 Å². The summed E-state index contributed by atoms with van der Waals surface area (Å²) in [4.78, 5) is 1.44. The SMILES string of the molecule is NNS(=O)[O-].Oc1cccs1. The van der Waals surface area contributed by atoms with Crippen LogP contribution < -0.4 is 10.7 Å². The number of rotatable bonds is 1. The average Bonchev–Trinajstić information content (AvgIpc) is 2.41. The van der Waals surface area contributed by atoms with E-state index >= 15 is 0 Å². The molecule has 7 heteroatoms. The molecule has 64 valence electrons. The summed E-state index contributed by atoms with van der Waals surface area (Å²) in [6.45, 7) is 0. The minimum absolute atomic E-state index is 0.384. The molecule has 4 N–H and O–H groups in total. The molecule has 0 bridgehead atoms. The van der Waals surface area contributed by atoms with E-state index in [1.165, 1.54) is 16.2 Å². The van der Waals surface area contributed by atoms with Crippen LogP contribution in [0.2, 0.25) is 0 Å². The maximum atomic E-state index is 9.13. The molecule has 0 fully saturated rings. The van der Waals surface area contributed by atoms with Crippen LogP contribution in [0.4, 0.5) is 0 Å². The third kappa shape index (κ3) is 7.43. The molecule has 1 unspecified atom stereocenters. The first-order valence-corrected chi connectivity index (χ1v) is 4.40. The smallest absolute Gasteiger partial charge is 0.171 e. The molecule has 1 aromatic heterocycles. The summed E-state index contributed by atoms with van der Waals surface area (Å²) < 4.78 is 18.3. The Bertz CT molecular complexity index is 201. The summed E-state index contributed by atoms with van der Waals surface area (Å²) in [5.41, 5.74) is 0. The predicted octanol–water partition coefficient (Wildman–Crippen LogP) is -0.302. The summed E-state index contributed by atoms with van der Waals surface area (Å²) in [5.74, 6) is 4.31. The molecular weight excluding hydrogens is 188 g/mol. The molecule has 0 amide bonds. The van der Waals surface area contributed by atoms with Gasteiger partial charge in [0, 0.05) is 11.3 Å². The maximum Gasteiger partial charge on any atom is 0.171 e. The Morgan fingerprint density at radius 2 is 2.36 bits per heavy atom. The highest BCUT2D eigenvalue weighted by Crippen LogP contribution is 2.14. The summed E-state index contributed by atoms with van der Waals surface area (Å²) >= 11 is -0.961. The van der Waals surface area contributed by atoms with Gasteiger partial charge in [0.25, 0.3) is 0 Å². The van der Waals surface area contributed by atoms with Gasteiger partial charge in [-0.25, -0.2) is 0 Å². The fraction of sp³-hybridized carbons (Fsp3) is 0. The first-order chi connectivity index (χ1) is 5.16. The Labute approximate surface area is 70.2 Å². The molecule has 0 aliphatic rings.